The van der Waals surface area contributed by atoms with E-state index in [2.05, 4.69) is 12.2 Å². The van der Waals surface area contributed by atoms with E-state index in [-0.39, 0.29) is 10.8 Å². The molecule has 92 valence electrons. The SMILES string of the molecule is CC1CCCC1Nc1ccc(C(N)=S)cc1F. The van der Waals surface area contributed by atoms with Crippen LogP contribution in [-0.4, -0.2) is 11.0 Å². The van der Waals surface area contributed by atoms with Gasteiger partial charge in [0, 0.05) is 11.6 Å². The van der Waals surface area contributed by atoms with E-state index in [1.165, 1.54) is 18.9 Å². The molecule has 2 atom stereocenters. The molecule has 2 nitrogen and oxygen atoms in total. The second-order valence-corrected chi connectivity index (χ2v) is 5.16. The normalized spacial score (nSPS) is 23.6. The first-order valence-corrected chi connectivity index (χ1v) is 6.34. The molecule has 1 saturated carbocycles. The van der Waals surface area contributed by atoms with E-state index in [1.807, 2.05) is 0 Å². The molecule has 0 spiro atoms. The highest BCUT2D eigenvalue weighted by Gasteiger charge is 2.23. The quantitative estimate of drug-likeness (QED) is 0.812. The highest BCUT2D eigenvalue weighted by Crippen LogP contribution is 2.29. The molecular weight excluding hydrogens is 235 g/mol. The van der Waals surface area contributed by atoms with E-state index in [0.717, 1.165) is 6.42 Å². The van der Waals surface area contributed by atoms with Crippen LogP contribution in [0.25, 0.3) is 0 Å². The minimum atomic E-state index is -0.283. The highest BCUT2D eigenvalue weighted by molar-refractivity contribution is 7.80. The molecule has 4 heteroatoms. The summed E-state index contributed by atoms with van der Waals surface area (Å²) in [5.41, 5.74) is 6.58. The smallest absolute Gasteiger partial charge is 0.146 e. The zero-order valence-corrected chi connectivity index (χ0v) is 10.7. The van der Waals surface area contributed by atoms with Crippen LogP contribution in [0.1, 0.15) is 31.7 Å². The average Bonchev–Trinajstić information content (AvgIpc) is 2.67. The largest absolute Gasteiger partial charge is 0.389 e. The molecule has 2 unspecified atom stereocenters. The lowest BCUT2D eigenvalue weighted by molar-refractivity contribution is 0.549. The minimum Gasteiger partial charge on any atom is -0.389 e. The van der Waals surface area contributed by atoms with E-state index < -0.39 is 0 Å². The number of halogens is 1. The summed E-state index contributed by atoms with van der Waals surface area (Å²) in [6.45, 7) is 2.20. The summed E-state index contributed by atoms with van der Waals surface area (Å²) in [5, 5.41) is 3.27. The number of hydrogen-bond donors (Lipinski definition) is 2. The van der Waals surface area contributed by atoms with Crippen molar-refractivity contribution in [2.24, 2.45) is 11.7 Å². The van der Waals surface area contributed by atoms with Gasteiger partial charge in [-0.15, -0.1) is 0 Å². The summed E-state index contributed by atoms with van der Waals surface area (Å²) in [6.07, 6.45) is 3.54. The van der Waals surface area contributed by atoms with E-state index in [1.54, 1.807) is 12.1 Å². The molecule has 2 rings (SSSR count). The molecule has 1 fully saturated rings. The van der Waals surface area contributed by atoms with Gasteiger partial charge >= 0.3 is 0 Å². The number of anilines is 1. The van der Waals surface area contributed by atoms with Gasteiger partial charge in [-0.25, -0.2) is 4.39 Å². The van der Waals surface area contributed by atoms with Gasteiger partial charge in [0.05, 0.1) is 5.69 Å². The molecule has 1 aliphatic rings. The molecule has 0 aliphatic heterocycles. The summed E-state index contributed by atoms with van der Waals surface area (Å²) in [5.74, 6) is 0.319. The second kappa shape index (κ2) is 5.00. The van der Waals surface area contributed by atoms with Crippen molar-refractivity contribution in [2.45, 2.75) is 32.2 Å². The Morgan fingerprint density at radius 1 is 1.47 bits per heavy atom. The van der Waals surface area contributed by atoms with Crippen LogP contribution in [-0.2, 0) is 0 Å². The van der Waals surface area contributed by atoms with Crippen LogP contribution in [0.5, 0.6) is 0 Å². The number of hydrogen-bond acceptors (Lipinski definition) is 2. The molecule has 17 heavy (non-hydrogen) atoms. The van der Waals surface area contributed by atoms with Gasteiger partial charge in [-0.1, -0.05) is 25.6 Å². The molecule has 0 saturated heterocycles. The third-order valence-electron chi connectivity index (χ3n) is 3.46. The predicted octanol–water partition coefficient (Wildman–Crippen LogP) is 3.06. The van der Waals surface area contributed by atoms with Crippen molar-refractivity contribution in [3.05, 3.63) is 29.6 Å². The van der Waals surface area contributed by atoms with Crippen molar-refractivity contribution < 1.29 is 4.39 Å². The number of thiocarbonyl (C=S) groups is 1. The van der Waals surface area contributed by atoms with Gasteiger partial charge < -0.3 is 11.1 Å². The monoisotopic (exact) mass is 252 g/mol. The summed E-state index contributed by atoms with van der Waals surface area (Å²) in [6, 6.07) is 5.24. The highest BCUT2D eigenvalue weighted by atomic mass is 32.1. The molecule has 3 N–H and O–H groups in total. The Labute approximate surface area is 106 Å². The Morgan fingerprint density at radius 3 is 2.76 bits per heavy atom. The van der Waals surface area contributed by atoms with Gasteiger partial charge in [0.2, 0.25) is 0 Å². The Bertz CT molecular complexity index is 433. The molecule has 1 aromatic carbocycles. The van der Waals surface area contributed by atoms with Gasteiger partial charge in [0.15, 0.2) is 0 Å². The number of nitrogens with two attached hydrogens (primary N) is 1. The Balaban J connectivity index is 2.14. The minimum absolute atomic E-state index is 0.227. The Kier molecular flexibility index (Phi) is 3.62. The summed E-state index contributed by atoms with van der Waals surface area (Å²) in [7, 11) is 0. The van der Waals surface area contributed by atoms with Gasteiger partial charge in [-0.2, -0.15) is 0 Å². The molecule has 0 radical (unpaired) electrons. The van der Waals surface area contributed by atoms with E-state index in [9.17, 15) is 4.39 Å². The lowest BCUT2D eigenvalue weighted by atomic mass is 10.1. The van der Waals surface area contributed by atoms with Crippen LogP contribution in [0.3, 0.4) is 0 Å². The van der Waals surface area contributed by atoms with E-state index in [0.29, 0.717) is 23.2 Å². The lowest BCUT2D eigenvalue weighted by Gasteiger charge is -2.19. The van der Waals surface area contributed by atoms with Crippen molar-refractivity contribution in [1.82, 2.24) is 0 Å². The lowest BCUT2D eigenvalue weighted by Crippen LogP contribution is -2.22. The number of rotatable bonds is 3. The van der Waals surface area contributed by atoms with Crippen molar-refractivity contribution in [1.29, 1.82) is 0 Å². The van der Waals surface area contributed by atoms with Gasteiger partial charge in [-0.05, 0) is 37.0 Å². The summed E-state index contributed by atoms with van der Waals surface area (Å²) >= 11 is 4.82. The molecule has 1 aromatic rings. The molecule has 0 aromatic heterocycles. The first-order chi connectivity index (χ1) is 8.08. The second-order valence-electron chi connectivity index (χ2n) is 4.72. The van der Waals surface area contributed by atoms with Crippen LogP contribution >= 0.6 is 12.2 Å². The predicted molar refractivity (Wildman–Crippen MR) is 72.7 cm³/mol. The summed E-state index contributed by atoms with van der Waals surface area (Å²) in [4.78, 5) is 0.227. The maximum atomic E-state index is 13.8. The fourth-order valence-electron chi connectivity index (χ4n) is 2.35. The standard InChI is InChI=1S/C13H17FN2S/c1-8-3-2-4-11(8)16-12-6-5-9(13(15)17)7-10(12)14/h5-8,11,16H,2-4H2,1H3,(H2,15,17). The van der Waals surface area contributed by atoms with Crippen LogP contribution in [0.4, 0.5) is 10.1 Å². The first-order valence-electron chi connectivity index (χ1n) is 5.94. The maximum absolute atomic E-state index is 13.8. The van der Waals surface area contributed by atoms with Crippen LogP contribution in [0.2, 0.25) is 0 Å². The van der Waals surface area contributed by atoms with Gasteiger partial charge in [0.25, 0.3) is 0 Å². The third kappa shape index (κ3) is 2.75. The molecule has 0 heterocycles. The van der Waals surface area contributed by atoms with Crippen LogP contribution < -0.4 is 11.1 Å². The Morgan fingerprint density at radius 2 is 2.24 bits per heavy atom. The Hall–Kier alpha value is -1.16. The molecule has 1 aliphatic carbocycles. The number of nitrogens with one attached hydrogen (secondary N) is 1. The number of benzene rings is 1. The van der Waals surface area contributed by atoms with Gasteiger partial charge in [0.1, 0.15) is 10.8 Å². The van der Waals surface area contributed by atoms with Crippen molar-refractivity contribution in [2.75, 3.05) is 5.32 Å². The molecule has 0 bridgehead atoms. The zero-order chi connectivity index (χ0) is 12.4. The topological polar surface area (TPSA) is 38.0 Å². The van der Waals surface area contributed by atoms with E-state index >= 15 is 0 Å². The molecule has 0 amide bonds. The van der Waals surface area contributed by atoms with Crippen molar-refractivity contribution in [3.63, 3.8) is 0 Å². The fraction of sp³-hybridized carbons (Fsp3) is 0.462. The van der Waals surface area contributed by atoms with Crippen molar-refractivity contribution in [3.8, 4) is 0 Å². The van der Waals surface area contributed by atoms with Crippen LogP contribution in [0.15, 0.2) is 18.2 Å². The maximum Gasteiger partial charge on any atom is 0.146 e. The average molecular weight is 252 g/mol. The zero-order valence-electron chi connectivity index (χ0n) is 9.87. The van der Waals surface area contributed by atoms with Crippen LogP contribution in [0, 0.1) is 11.7 Å². The van der Waals surface area contributed by atoms with E-state index in [4.69, 9.17) is 18.0 Å². The first kappa shape index (κ1) is 12.3. The summed E-state index contributed by atoms with van der Waals surface area (Å²) < 4.78 is 13.8. The van der Waals surface area contributed by atoms with Crippen molar-refractivity contribution >= 4 is 22.9 Å². The fourth-order valence-corrected chi connectivity index (χ4v) is 2.47. The van der Waals surface area contributed by atoms with Gasteiger partial charge in [-0.3, -0.25) is 0 Å². The third-order valence-corrected chi connectivity index (χ3v) is 3.69. The molecular formula is C13H17FN2S.